The highest BCUT2D eigenvalue weighted by molar-refractivity contribution is 7.89. The van der Waals surface area contributed by atoms with E-state index in [9.17, 15) is 8.42 Å². The molecule has 1 atom stereocenters. The summed E-state index contributed by atoms with van der Waals surface area (Å²) in [6, 6.07) is 7.10. The summed E-state index contributed by atoms with van der Waals surface area (Å²) in [5.74, 6) is 0. The number of nitrogens with zero attached hydrogens (tertiary/aromatic N) is 1. The molecule has 0 aliphatic heterocycles. The molecule has 0 bridgehead atoms. The van der Waals surface area contributed by atoms with E-state index in [1.165, 1.54) is 0 Å². The second kappa shape index (κ2) is 6.70. The Morgan fingerprint density at radius 3 is 2.30 bits per heavy atom. The Labute approximate surface area is 123 Å². The predicted molar refractivity (Wildman–Crippen MR) is 83.1 cm³/mol. The Kier molecular flexibility index (Phi) is 5.74. The maximum absolute atomic E-state index is 13.0. The van der Waals surface area contributed by atoms with E-state index >= 15 is 0 Å². The molecule has 0 amide bonds. The first-order chi connectivity index (χ1) is 9.33. The standard InChI is InChI=1S/C15H26N2O2S/c1-5-11-17(15(4,6-2)12-16)20(18,19)14-10-8-7-9-13(14)3/h7-10H,5-6,11-12,16H2,1-4H3. The van der Waals surface area contributed by atoms with Crippen LogP contribution in [0.1, 0.15) is 39.2 Å². The molecule has 114 valence electrons. The van der Waals surface area contributed by atoms with Crippen molar-refractivity contribution in [1.29, 1.82) is 0 Å². The molecule has 1 unspecified atom stereocenters. The minimum absolute atomic E-state index is 0.314. The van der Waals surface area contributed by atoms with Crippen molar-refractivity contribution in [2.24, 2.45) is 5.73 Å². The molecule has 1 aromatic rings. The van der Waals surface area contributed by atoms with Gasteiger partial charge in [-0.3, -0.25) is 0 Å². The summed E-state index contributed by atoms with van der Waals surface area (Å²) in [4.78, 5) is 0.376. The van der Waals surface area contributed by atoms with Crippen LogP contribution in [0.5, 0.6) is 0 Å². The average Bonchev–Trinajstić information content (AvgIpc) is 2.44. The number of sulfonamides is 1. The minimum atomic E-state index is -3.52. The zero-order valence-electron chi connectivity index (χ0n) is 12.9. The van der Waals surface area contributed by atoms with Gasteiger partial charge in [0.05, 0.1) is 4.90 Å². The third-order valence-corrected chi connectivity index (χ3v) is 6.11. The van der Waals surface area contributed by atoms with Gasteiger partial charge in [0.2, 0.25) is 10.0 Å². The highest BCUT2D eigenvalue weighted by Crippen LogP contribution is 2.28. The zero-order chi connectivity index (χ0) is 15.4. The Hall–Kier alpha value is -0.910. The number of hydrogen-bond acceptors (Lipinski definition) is 3. The maximum Gasteiger partial charge on any atom is 0.243 e. The normalized spacial score (nSPS) is 15.3. The second-order valence-electron chi connectivity index (χ2n) is 5.40. The molecule has 2 N–H and O–H groups in total. The smallest absolute Gasteiger partial charge is 0.243 e. The van der Waals surface area contributed by atoms with Gasteiger partial charge < -0.3 is 5.73 Å². The summed E-state index contributed by atoms with van der Waals surface area (Å²) in [6.07, 6.45) is 1.45. The first-order valence-electron chi connectivity index (χ1n) is 7.12. The topological polar surface area (TPSA) is 63.4 Å². The number of aryl methyl sites for hydroxylation is 1. The van der Waals surface area contributed by atoms with Crippen molar-refractivity contribution in [3.63, 3.8) is 0 Å². The van der Waals surface area contributed by atoms with E-state index in [4.69, 9.17) is 5.73 Å². The quantitative estimate of drug-likeness (QED) is 0.841. The van der Waals surface area contributed by atoms with Crippen LogP contribution < -0.4 is 5.73 Å². The summed E-state index contributed by atoms with van der Waals surface area (Å²) in [5.41, 5.74) is 6.08. The number of nitrogens with two attached hydrogens (primary N) is 1. The highest BCUT2D eigenvalue weighted by Gasteiger charge is 2.38. The van der Waals surface area contributed by atoms with Crippen LogP contribution in [0.25, 0.3) is 0 Å². The monoisotopic (exact) mass is 298 g/mol. The third kappa shape index (κ3) is 3.22. The van der Waals surface area contributed by atoms with E-state index in [0.717, 1.165) is 12.0 Å². The van der Waals surface area contributed by atoms with Crippen molar-refractivity contribution in [2.75, 3.05) is 13.1 Å². The van der Waals surface area contributed by atoms with Gasteiger partial charge in [-0.15, -0.1) is 0 Å². The van der Waals surface area contributed by atoms with Gasteiger partial charge in [-0.25, -0.2) is 8.42 Å². The predicted octanol–water partition coefficient (Wildman–Crippen LogP) is 2.52. The maximum atomic E-state index is 13.0. The fourth-order valence-corrected chi connectivity index (χ4v) is 4.44. The largest absolute Gasteiger partial charge is 0.329 e. The van der Waals surface area contributed by atoms with Crippen molar-refractivity contribution in [3.8, 4) is 0 Å². The molecule has 4 nitrogen and oxygen atoms in total. The molecule has 0 saturated carbocycles. The fourth-order valence-electron chi connectivity index (χ4n) is 2.27. The Bertz CT molecular complexity index is 537. The molecule has 0 fully saturated rings. The van der Waals surface area contributed by atoms with Crippen molar-refractivity contribution in [3.05, 3.63) is 29.8 Å². The number of benzene rings is 1. The summed E-state index contributed by atoms with van der Waals surface area (Å²) >= 11 is 0. The van der Waals surface area contributed by atoms with Crippen LogP contribution in [0.15, 0.2) is 29.2 Å². The van der Waals surface area contributed by atoms with Crippen LogP contribution in [-0.2, 0) is 10.0 Å². The van der Waals surface area contributed by atoms with Gasteiger partial charge in [-0.2, -0.15) is 4.31 Å². The lowest BCUT2D eigenvalue weighted by molar-refractivity contribution is 0.206. The average molecular weight is 298 g/mol. The molecule has 0 aromatic heterocycles. The summed E-state index contributed by atoms with van der Waals surface area (Å²) in [6.45, 7) is 8.49. The fraction of sp³-hybridized carbons (Fsp3) is 0.600. The van der Waals surface area contributed by atoms with E-state index in [0.29, 0.717) is 24.4 Å². The second-order valence-corrected chi connectivity index (χ2v) is 7.23. The molecule has 0 radical (unpaired) electrons. The van der Waals surface area contributed by atoms with Crippen LogP contribution in [0, 0.1) is 6.92 Å². The first kappa shape index (κ1) is 17.1. The third-order valence-electron chi connectivity index (χ3n) is 3.89. The molecule has 0 aliphatic rings. The highest BCUT2D eigenvalue weighted by atomic mass is 32.2. The van der Waals surface area contributed by atoms with Gasteiger partial charge in [0.25, 0.3) is 0 Å². The molecule has 0 heterocycles. The van der Waals surface area contributed by atoms with Gasteiger partial charge in [0.15, 0.2) is 0 Å². The Balaban J connectivity index is 3.37. The molecular weight excluding hydrogens is 272 g/mol. The molecule has 5 heteroatoms. The molecule has 0 aliphatic carbocycles. The van der Waals surface area contributed by atoms with Gasteiger partial charge in [0.1, 0.15) is 0 Å². The lowest BCUT2D eigenvalue weighted by atomic mass is 9.99. The van der Waals surface area contributed by atoms with Crippen LogP contribution >= 0.6 is 0 Å². The summed E-state index contributed by atoms with van der Waals surface area (Å²) < 4.78 is 27.5. The molecular formula is C15H26N2O2S. The van der Waals surface area contributed by atoms with Crippen molar-refractivity contribution in [1.82, 2.24) is 4.31 Å². The van der Waals surface area contributed by atoms with E-state index in [1.807, 2.05) is 39.8 Å². The molecule has 0 spiro atoms. The van der Waals surface area contributed by atoms with Gasteiger partial charge in [-0.1, -0.05) is 32.0 Å². The molecule has 20 heavy (non-hydrogen) atoms. The number of rotatable bonds is 7. The molecule has 1 aromatic carbocycles. The van der Waals surface area contributed by atoms with Crippen LogP contribution in [0.4, 0.5) is 0 Å². The van der Waals surface area contributed by atoms with Crippen LogP contribution in [0.3, 0.4) is 0 Å². The van der Waals surface area contributed by atoms with Crippen molar-refractivity contribution in [2.45, 2.75) is 51.0 Å². The van der Waals surface area contributed by atoms with E-state index in [2.05, 4.69) is 0 Å². The van der Waals surface area contributed by atoms with E-state index in [1.54, 1.807) is 16.4 Å². The van der Waals surface area contributed by atoms with E-state index < -0.39 is 15.6 Å². The van der Waals surface area contributed by atoms with Crippen LogP contribution in [-0.4, -0.2) is 31.4 Å². The summed E-state index contributed by atoms with van der Waals surface area (Å²) in [5, 5.41) is 0. The van der Waals surface area contributed by atoms with Crippen molar-refractivity contribution >= 4 is 10.0 Å². The summed E-state index contributed by atoms with van der Waals surface area (Å²) in [7, 11) is -3.52. The Morgan fingerprint density at radius 2 is 1.85 bits per heavy atom. The van der Waals surface area contributed by atoms with Crippen LogP contribution in [0.2, 0.25) is 0 Å². The van der Waals surface area contributed by atoms with Gasteiger partial charge >= 0.3 is 0 Å². The van der Waals surface area contributed by atoms with Crippen molar-refractivity contribution < 1.29 is 8.42 Å². The van der Waals surface area contributed by atoms with Gasteiger partial charge in [-0.05, 0) is 38.3 Å². The van der Waals surface area contributed by atoms with Gasteiger partial charge in [0, 0.05) is 18.6 Å². The molecule has 1 rings (SSSR count). The lowest BCUT2D eigenvalue weighted by Gasteiger charge is -2.39. The Morgan fingerprint density at radius 1 is 1.25 bits per heavy atom. The SMILES string of the molecule is CCCN(C(C)(CC)CN)S(=O)(=O)c1ccccc1C. The lowest BCUT2D eigenvalue weighted by Crippen LogP contribution is -2.54. The van der Waals surface area contributed by atoms with E-state index in [-0.39, 0.29) is 0 Å². The first-order valence-corrected chi connectivity index (χ1v) is 8.56. The zero-order valence-corrected chi connectivity index (χ0v) is 13.7. The minimum Gasteiger partial charge on any atom is -0.329 e. The molecule has 0 saturated heterocycles. The number of hydrogen-bond donors (Lipinski definition) is 1.